The molecule has 0 radical (unpaired) electrons. The third-order valence-corrected chi connectivity index (χ3v) is 9.15. The van der Waals surface area contributed by atoms with Crippen LogP contribution in [0, 0.1) is 15.4 Å². The molecule has 3 aliphatic rings. The van der Waals surface area contributed by atoms with Crippen molar-refractivity contribution in [1.82, 2.24) is 4.90 Å². The minimum Gasteiger partial charge on any atom is -0.508 e. The number of primary amides is 1. The molecule has 0 spiro atoms. The van der Waals surface area contributed by atoms with Crippen molar-refractivity contribution in [3.05, 3.63) is 61.4 Å². The largest absolute Gasteiger partial charge is 0.508 e. The lowest BCUT2D eigenvalue weighted by Crippen LogP contribution is -2.65. The molecule has 2 aromatic carbocycles. The summed E-state index contributed by atoms with van der Waals surface area (Å²) in [6.07, 6.45) is 0.741. The van der Waals surface area contributed by atoms with E-state index in [2.05, 4.69) is 0 Å². The summed E-state index contributed by atoms with van der Waals surface area (Å²) < 4.78 is 5.86. The second-order valence-electron chi connectivity index (χ2n) is 10.6. The van der Waals surface area contributed by atoms with E-state index in [1.54, 1.807) is 24.3 Å². The number of carbonyl (C=O) groups is 4. The number of aldehydes is 1. The van der Waals surface area contributed by atoms with E-state index >= 15 is 0 Å². The molecule has 5 rings (SSSR count). The minimum atomic E-state index is -2.72. The minimum absolute atomic E-state index is 0.0382. The second-order valence-corrected chi connectivity index (χ2v) is 11.8. The molecule has 4 atom stereocenters. The third-order valence-electron chi connectivity index (χ3n) is 8.32. The molecule has 12 heteroatoms. The fourth-order valence-electron chi connectivity index (χ4n) is 6.53. The summed E-state index contributed by atoms with van der Waals surface area (Å²) in [5.41, 5.74) is 3.40. The highest BCUT2D eigenvalue weighted by atomic mass is 127. The Morgan fingerprint density at radius 2 is 1.85 bits per heavy atom. The molecule has 2 aromatic rings. The number of amides is 1. The van der Waals surface area contributed by atoms with Crippen LogP contribution in [0.3, 0.4) is 0 Å². The van der Waals surface area contributed by atoms with E-state index in [4.69, 9.17) is 10.5 Å². The van der Waals surface area contributed by atoms with Crippen molar-refractivity contribution in [1.29, 1.82) is 0 Å². The van der Waals surface area contributed by atoms with Gasteiger partial charge in [0.25, 0.3) is 5.91 Å². The number of carbonyl (C=O) groups excluding carboxylic acids is 4. The highest BCUT2D eigenvalue weighted by molar-refractivity contribution is 14.1. The van der Waals surface area contributed by atoms with Gasteiger partial charge in [0.2, 0.25) is 5.78 Å². The monoisotopic (exact) mass is 674 g/mol. The lowest BCUT2D eigenvalue weighted by Gasteiger charge is -2.50. The van der Waals surface area contributed by atoms with Crippen LogP contribution in [0.4, 0.5) is 0 Å². The number of nitrogens with zero attached hydrogens (tertiary/aromatic N) is 1. The Morgan fingerprint density at radius 3 is 2.44 bits per heavy atom. The lowest BCUT2D eigenvalue weighted by atomic mass is 9.57. The SMILES string of the molecule is COc1ccc(C=O)cc1-c1cc(I)c(O)c2c1C[C@H]1C[C@@H]3[C@@H](N(C)C)C(=O)C(C(N)=O)=C(O)[C@@]3(O)C(=O)C1=C2O. The number of aromatic hydroxyl groups is 1. The number of ketones is 2. The van der Waals surface area contributed by atoms with Gasteiger partial charge >= 0.3 is 0 Å². The predicted octanol–water partition coefficient (Wildman–Crippen LogP) is 2.06. The summed E-state index contributed by atoms with van der Waals surface area (Å²) in [7, 11) is 4.55. The van der Waals surface area contributed by atoms with Crippen molar-refractivity contribution in [2.45, 2.75) is 24.5 Å². The zero-order chi connectivity index (χ0) is 30.1. The van der Waals surface area contributed by atoms with Crippen molar-refractivity contribution in [3.63, 3.8) is 0 Å². The number of hydrogen-bond acceptors (Lipinski definition) is 10. The van der Waals surface area contributed by atoms with Gasteiger partial charge in [0.05, 0.1) is 22.3 Å². The molecule has 0 saturated heterocycles. The second kappa shape index (κ2) is 9.96. The number of phenolic OH excluding ortho intramolecular Hbond substituents is 1. The summed E-state index contributed by atoms with van der Waals surface area (Å²) in [4.78, 5) is 52.5. The van der Waals surface area contributed by atoms with Gasteiger partial charge in [0, 0.05) is 22.6 Å². The van der Waals surface area contributed by atoms with Gasteiger partial charge in [-0.1, -0.05) is 0 Å². The molecule has 214 valence electrons. The van der Waals surface area contributed by atoms with E-state index in [1.165, 1.54) is 26.1 Å². The first kappa shape index (κ1) is 28.8. The van der Waals surface area contributed by atoms with E-state index in [9.17, 15) is 39.6 Å². The Kier molecular flexibility index (Phi) is 6.99. The van der Waals surface area contributed by atoms with Gasteiger partial charge in [-0.15, -0.1) is 0 Å². The van der Waals surface area contributed by atoms with Crippen LogP contribution in [-0.2, 0) is 20.8 Å². The van der Waals surface area contributed by atoms with Crippen LogP contribution in [-0.4, -0.2) is 81.9 Å². The van der Waals surface area contributed by atoms with Crippen LogP contribution in [0.5, 0.6) is 11.5 Å². The highest BCUT2D eigenvalue weighted by Gasteiger charge is 2.64. The van der Waals surface area contributed by atoms with E-state index in [0.717, 1.165) is 0 Å². The molecular weight excluding hydrogens is 647 g/mol. The number of ether oxygens (including phenoxy) is 1. The van der Waals surface area contributed by atoms with E-state index in [-0.39, 0.29) is 29.7 Å². The van der Waals surface area contributed by atoms with Crippen molar-refractivity contribution in [2.24, 2.45) is 17.6 Å². The van der Waals surface area contributed by atoms with Crippen LogP contribution in [0.15, 0.2) is 41.2 Å². The molecule has 6 N–H and O–H groups in total. The van der Waals surface area contributed by atoms with Crippen LogP contribution < -0.4 is 10.5 Å². The van der Waals surface area contributed by atoms with Crippen LogP contribution in [0.25, 0.3) is 16.9 Å². The number of phenols is 1. The molecule has 1 amide bonds. The summed E-state index contributed by atoms with van der Waals surface area (Å²) in [5.74, 6) is -6.73. The van der Waals surface area contributed by atoms with Gasteiger partial charge in [-0.3, -0.25) is 24.1 Å². The molecule has 1 saturated carbocycles. The molecular formula is C29H27IN2O9. The van der Waals surface area contributed by atoms with Gasteiger partial charge in [0.1, 0.15) is 34.9 Å². The number of hydrogen-bond donors (Lipinski definition) is 5. The number of fused-ring (bicyclic) bond motifs is 3. The number of benzene rings is 2. The number of nitrogens with two attached hydrogens (primary N) is 1. The Morgan fingerprint density at radius 1 is 1.17 bits per heavy atom. The molecule has 0 aromatic heterocycles. The van der Waals surface area contributed by atoms with E-state index < -0.39 is 58.0 Å². The van der Waals surface area contributed by atoms with Gasteiger partial charge in [0.15, 0.2) is 11.4 Å². The molecule has 3 aliphatic carbocycles. The maximum atomic E-state index is 14.0. The standard InChI is InChI=1S/C29H27IN2O9/c1-32(2)22-16-8-12-7-15-13(14-6-11(10-33)4-5-18(14)41-3)9-17(30)23(34)20(15)24(35)19(12)26(37)29(16,40)27(38)21(25(22)36)28(31)39/h4-6,9-10,12,16,22,34-35,38,40H,7-8H2,1-3H3,(H2,31,39)/t12-,16+,22+,29-/m0/s1. The lowest BCUT2D eigenvalue weighted by molar-refractivity contribution is -0.153. The molecule has 11 nitrogen and oxygen atoms in total. The van der Waals surface area contributed by atoms with Gasteiger partial charge in [-0.25, -0.2) is 0 Å². The molecule has 0 heterocycles. The van der Waals surface area contributed by atoms with Crippen molar-refractivity contribution >= 4 is 52.1 Å². The Balaban J connectivity index is 1.79. The quantitative estimate of drug-likeness (QED) is 0.179. The first-order valence-corrected chi connectivity index (χ1v) is 13.7. The maximum Gasteiger partial charge on any atom is 0.255 e. The number of rotatable bonds is 5. The smallest absolute Gasteiger partial charge is 0.255 e. The van der Waals surface area contributed by atoms with Crippen molar-refractivity contribution < 1.29 is 44.3 Å². The third kappa shape index (κ3) is 3.99. The first-order chi connectivity index (χ1) is 19.3. The highest BCUT2D eigenvalue weighted by Crippen LogP contribution is 2.54. The fourth-order valence-corrected chi connectivity index (χ4v) is 7.11. The molecule has 1 fully saturated rings. The molecule has 41 heavy (non-hydrogen) atoms. The van der Waals surface area contributed by atoms with Gasteiger partial charge in [-0.2, -0.15) is 0 Å². The summed E-state index contributed by atoms with van der Waals surface area (Å²) in [6.45, 7) is 0. The van der Waals surface area contributed by atoms with E-state index in [1.807, 2.05) is 22.6 Å². The number of methoxy groups -OCH3 is 1. The molecule has 0 aliphatic heterocycles. The van der Waals surface area contributed by atoms with Crippen molar-refractivity contribution in [2.75, 3.05) is 21.2 Å². The topological polar surface area (TPSA) is 188 Å². The molecule has 0 bridgehead atoms. The summed E-state index contributed by atoms with van der Waals surface area (Å²) >= 11 is 1.88. The van der Waals surface area contributed by atoms with Crippen LogP contribution in [0.2, 0.25) is 0 Å². The Bertz CT molecular complexity index is 1630. The zero-order valence-corrected chi connectivity index (χ0v) is 24.4. The fraction of sp³-hybridized carbons (Fsp3) is 0.310. The number of aliphatic hydroxyl groups excluding tert-OH is 2. The molecule has 0 unspecified atom stereocenters. The maximum absolute atomic E-state index is 14.0. The van der Waals surface area contributed by atoms with Crippen molar-refractivity contribution in [3.8, 4) is 22.6 Å². The zero-order valence-electron chi connectivity index (χ0n) is 22.3. The van der Waals surface area contributed by atoms with Gasteiger partial charge in [-0.05, 0) is 90.8 Å². The first-order valence-electron chi connectivity index (χ1n) is 12.6. The normalized spacial score (nSPS) is 25.6. The predicted molar refractivity (Wildman–Crippen MR) is 154 cm³/mol. The number of halogens is 1. The van der Waals surface area contributed by atoms with Crippen LogP contribution >= 0.6 is 22.6 Å². The van der Waals surface area contributed by atoms with Crippen LogP contribution in [0.1, 0.15) is 27.9 Å². The van der Waals surface area contributed by atoms with Gasteiger partial charge < -0.3 is 30.9 Å². The Hall–Kier alpha value is -3.75. The number of aliphatic hydroxyl groups is 3. The summed E-state index contributed by atoms with van der Waals surface area (Å²) in [6, 6.07) is 5.33. The van der Waals surface area contributed by atoms with E-state index in [0.29, 0.717) is 37.9 Å². The number of likely N-dealkylation sites (N-methyl/N-ethyl adjacent to an activating group) is 1. The summed E-state index contributed by atoms with van der Waals surface area (Å²) in [5, 5.41) is 45.4. The average molecular weight is 674 g/mol. The Labute approximate surface area is 248 Å². The average Bonchev–Trinajstić information content (AvgIpc) is 2.91. The number of Topliss-reactive ketones (excluding diaryl/α,β-unsaturated/α-hetero) is 2.